The lowest BCUT2D eigenvalue weighted by Gasteiger charge is -2.30. The van der Waals surface area contributed by atoms with E-state index in [4.69, 9.17) is 9.73 Å². The Balaban J connectivity index is 1.44. The van der Waals surface area contributed by atoms with Gasteiger partial charge in [0.1, 0.15) is 0 Å². The number of nitrogens with one attached hydrogen (secondary N) is 2. The largest absolute Gasteiger partial charge is 0.379 e. The van der Waals surface area contributed by atoms with Crippen LogP contribution in [-0.4, -0.2) is 89.2 Å². The van der Waals surface area contributed by atoms with Gasteiger partial charge in [0.15, 0.2) is 5.96 Å². The third-order valence-electron chi connectivity index (χ3n) is 5.63. The van der Waals surface area contributed by atoms with E-state index in [0.29, 0.717) is 30.4 Å². The van der Waals surface area contributed by atoms with E-state index in [-0.39, 0.29) is 0 Å². The molecular formula is C21H35N5O3S. The zero-order valence-corrected chi connectivity index (χ0v) is 18.7. The van der Waals surface area contributed by atoms with Crippen LogP contribution < -0.4 is 10.6 Å². The molecule has 9 heteroatoms. The van der Waals surface area contributed by atoms with Crippen molar-refractivity contribution in [3.8, 4) is 0 Å². The van der Waals surface area contributed by atoms with Gasteiger partial charge in [-0.2, -0.15) is 4.31 Å². The molecule has 1 aromatic carbocycles. The molecule has 0 atom stereocenters. The number of rotatable bonds is 8. The number of morpholine rings is 1. The van der Waals surface area contributed by atoms with Crippen LogP contribution in [0.4, 0.5) is 0 Å². The van der Waals surface area contributed by atoms with Crippen LogP contribution >= 0.6 is 0 Å². The first kappa shape index (κ1) is 23.0. The number of aliphatic imine (C=N–C) groups is 1. The lowest BCUT2D eigenvalue weighted by atomic mass is 9.98. The summed E-state index contributed by atoms with van der Waals surface area (Å²) >= 11 is 0. The van der Waals surface area contributed by atoms with Crippen molar-refractivity contribution in [2.45, 2.75) is 24.7 Å². The Bertz CT molecular complexity index is 758. The molecule has 2 N–H and O–H groups in total. The van der Waals surface area contributed by atoms with Crippen LogP contribution in [-0.2, 0) is 14.8 Å². The van der Waals surface area contributed by atoms with Gasteiger partial charge in [-0.05, 0) is 37.8 Å². The summed E-state index contributed by atoms with van der Waals surface area (Å²) in [5, 5.41) is 6.72. The van der Waals surface area contributed by atoms with Crippen LogP contribution in [0.15, 0.2) is 40.2 Å². The first-order valence-corrected chi connectivity index (χ1v) is 12.4. The summed E-state index contributed by atoms with van der Waals surface area (Å²) in [6, 6.07) is 8.69. The van der Waals surface area contributed by atoms with Crippen molar-refractivity contribution >= 4 is 16.0 Å². The van der Waals surface area contributed by atoms with E-state index in [0.717, 1.165) is 64.7 Å². The van der Waals surface area contributed by atoms with Crippen LogP contribution in [0.25, 0.3) is 0 Å². The summed E-state index contributed by atoms with van der Waals surface area (Å²) in [6.07, 6.45) is 1.67. The van der Waals surface area contributed by atoms with Crippen LogP contribution in [0.5, 0.6) is 0 Å². The number of hydrogen-bond donors (Lipinski definition) is 2. The fourth-order valence-corrected chi connectivity index (χ4v) is 5.28. The Morgan fingerprint density at radius 2 is 1.80 bits per heavy atom. The van der Waals surface area contributed by atoms with Gasteiger partial charge in [0.05, 0.1) is 18.1 Å². The Morgan fingerprint density at radius 3 is 2.47 bits per heavy atom. The molecule has 2 aliphatic rings. The number of hydrogen-bond acceptors (Lipinski definition) is 5. The number of guanidine groups is 1. The molecule has 30 heavy (non-hydrogen) atoms. The van der Waals surface area contributed by atoms with Crippen LogP contribution in [0.2, 0.25) is 0 Å². The van der Waals surface area contributed by atoms with E-state index >= 15 is 0 Å². The van der Waals surface area contributed by atoms with Gasteiger partial charge in [-0.25, -0.2) is 8.42 Å². The van der Waals surface area contributed by atoms with Gasteiger partial charge in [0.2, 0.25) is 10.0 Å². The minimum Gasteiger partial charge on any atom is -0.379 e. The third kappa shape index (κ3) is 6.66. The van der Waals surface area contributed by atoms with E-state index in [1.807, 2.05) is 6.07 Å². The molecule has 168 valence electrons. The van der Waals surface area contributed by atoms with Crippen molar-refractivity contribution < 1.29 is 13.2 Å². The van der Waals surface area contributed by atoms with E-state index < -0.39 is 10.0 Å². The molecule has 2 fully saturated rings. The van der Waals surface area contributed by atoms with Crippen LogP contribution in [0, 0.1) is 5.92 Å². The zero-order chi connectivity index (χ0) is 21.2. The number of piperidine rings is 1. The summed E-state index contributed by atoms with van der Waals surface area (Å²) < 4.78 is 32.5. The van der Waals surface area contributed by atoms with E-state index in [1.54, 1.807) is 28.6 Å². The highest BCUT2D eigenvalue weighted by atomic mass is 32.2. The molecule has 0 unspecified atom stereocenters. The number of sulfonamides is 1. The summed E-state index contributed by atoms with van der Waals surface area (Å²) in [5.74, 6) is 1.24. The van der Waals surface area contributed by atoms with Gasteiger partial charge in [0, 0.05) is 52.4 Å². The van der Waals surface area contributed by atoms with Crippen molar-refractivity contribution in [3.05, 3.63) is 30.3 Å². The van der Waals surface area contributed by atoms with Crippen LogP contribution in [0.1, 0.15) is 19.8 Å². The second kappa shape index (κ2) is 11.6. The van der Waals surface area contributed by atoms with E-state index in [1.165, 1.54) is 0 Å². The second-order valence-electron chi connectivity index (χ2n) is 7.76. The normalized spacial score (nSPS) is 20.2. The molecule has 2 heterocycles. The number of benzene rings is 1. The second-order valence-corrected chi connectivity index (χ2v) is 9.70. The Kier molecular flexibility index (Phi) is 8.92. The first-order valence-electron chi connectivity index (χ1n) is 11.0. The summed E-state index contributed by atoms with van der Waals surface area (Å²) in [7, 11) is -3.39. The molecule has 0 radical (unpaired) electrons. The van der Waals surface area contributed by atoms with Gasteiger partial charge in [-0.1, -0.05) is 18.2 Å². The molecule has 0 amide bonds. The molecule has 0 aliphatic carbocycles. The minimum atomic E-state index is -3.39. The maximum absolute atomic E-state index is 12.8. The first-order chi connectivity index (χ1) is 14.6. The van der Waals surface area contributed by atoms with Gasteiger partial charge in [-0.15, -0.1) is 0 Å². The zero-order valence-electron chi connectivity index (χ0n) is 17.9. The molecule has 3 rings (SSSR count). The molecule has 2 saturated heterocycles. The van der Waals surface area contributed by atoms with Gasteiger partial charge >= 0.3 is 0 Å². The highest BCUT2D eigenvalue weighted by Crippen LogP contribution is 2.23. The predicted octanol–water partition coefficient (Wildman–Crippen LogP) is 0.975. The quantitative estimate of drug-likeness (QED) is 0.466. The Hall–Kier alpha value is -1.68. The van der Waals surface area contributed by atoms with Crippen LogP contribution in [0.3, 0.4) is 0 Å². The molecule has 0 saturated carbocycles. The summed E-state index contributed by atoms with van der Waals surface area (Å²) in [4.78, 5) is 7.52. The maximum atomic E-state index is 12.8. The van der Waals surface area contributed by atoms with Crippen molar-refractivity contribution in [3.63, 3.8) is 0 Å². The van der Waals surface area contributed by atoms with Crippen molar-refractivity contribution in [1.29, 1.82) is 0 Å². The molecule has 8 nitrogen and oxygen atoms in total. The fourth-order valence-electron chi connectivity index (χ4n) is 3.79. The SMILES string of the molecule is CCNC(=NCC1CCN(S(=O)(=O)c2ccccc2)CC1)NCCN1CCOCC1. The third-order valence-corrected chi connectivity index (χ3v) is 7.54. The van der Waals surface area contributed by atoms with Gasteiger partial charge in [-0.3, -0.25) is 9.89 Å². The predicted molar refractivity (Wildman–Crippen MR) is 119 cm³/mol. The monoisotopic (exact) mass is 437 g/mol. The molecule has 1 aromatic rings. The lowest BCUT2D eigenvalue weighted by Crippen LogP contribution is -2.44. The standard InChI is InChI=1S/C21H35N5O3S/c1-2-22-21(23-10-13-25-14-16-29-17-15-25)24-18-19-8-11-26(12-9-19)30(27,28)20-6-4-3-5-7-20/h3-7,19H,2,8-18H2,1H3,(H2,22,23,24). The molecule has 0 aromatic heterocycles. The molecular weight excluding hydrogens is 402 g/mol. The highest BCUT2D eigenvalue weighted by molar-refractivity contribution is 7.89. The summed E-state index contributed by atoms with van der Waals surface area (Å²) in [6.45, 7) is 10.1. The molecule has 2 aliphatic heterocycles. The van der Waals surface area contributed by atoms with Crippen molar-refractivity contribution in [2.75, 3.05) is 65.6 Å². The van der Waals surface area contributed by atoms with Crippen molar-refractivity contribution in [2.24, 2.45) is 10.9 Å². The molecule has 0 bridgehead atoms. The Labute approximate surface area is 180 Å². The number of ether oxygens (including phenoxy) is 1. The van der Waals surface area contributed by atoms with Crippen molar-refractivity contribution in [1.82, 2.24) is 19.8 Å². The van der Waals surface area contributed by atoms with E-state index in [2.05, 4.69) is 22.5 Å². The smallest absolute Gasteiger partial charge is 0.243 e. The average molecular weight is 438 g/mol. The Morgan fingerprint density at radius 1 is 1.10 bits per heavy atom. The van der Waals surface area contributed by atoms with E-state index in [9.17, 15) is 8.42 Å². The topological polar surface area (TPSA) is 86.3 Å². The fraction of sp³-hybridized carbons (Fsp3) is 0.667. The highest BCUT2D eigenvalue weighted by Gasteiger charge is 2.29. The summed E-state index contributed by atoms with van der Waals surface area (Å²) in [5.41, 5.74) is 0. The molecule has 0 spiro atoms. The number of nitrogens with zero attached hydrogens (tertiary/aromatic N) is 3. The van der Waals surface area contributed by atoms with Gasteiger partial charge < -0.3 is 15.4 Å². The average Bonchev–Trinajstić information content (AvgIpc) is 2.79. The lowest BCUT2D eigenvalue weighted by molar-refractivity contribution is 0.0389. The minimum absolute atomic E-state index is 0.375. The van der Waals surface area contributed by atoms with Gasteiger partial charge in [0.25, 0.3) is 0 Å². The maximum Gasteiger partial charge on any atom is 0.243 e.